The molecular formula is C26H38N4O9. The third kappa shape index (κ3) is 5.09. The number of hydrogen-bond acceptors (Lipinski definition) is 9. The van der Waals surface area contributed by atoms with Crippen molar-refractivity contribution in [1.82, 2.24) is 19.1 Å². The summed E-state index contributed by atoms with van der Waals surface area (Å²) in [6.07, 6.45) is 3.81. The Morgan fingerprint density at radius 3 is 1.82 bits per heavy atom. The third-order valence-corrected chi connectivity index (χ3v) is 8.52. The van der Waals surface area contributed by atoms with Crippen LogP contribution < -0.4 is 22.5 Å². The van der Waals surface area contributed by atoms with Gasteiger partial charge in [0.1, 0.15) is 11.2 Å². The molecule has 13 heteroatoms. The van der Waals surface area contributed by atoms with Gasteiger partial charge in [0, 0.05) is 55.8 Å². The Bertz CT molecular complexity index is 1380. The van der Waals surface area contributed by atoms with Crippen molar-refractivity contribution in [2.24, 2.45) is 11.8 Å². The summed E-state index contributed by atoms with van der Waals surface area (Å²) in [6.45, 7) is 8.41. The molecule has 2 aromatic rings. The number of ether oxygens (including phenoxy) is 3. The number of H-pyrrole nitrogens is 2. The molecule has 5 heterocycles. The van der Waals surface area contributed by atoms with Crippen molar-refractivity contribution >= 4 is 0 Å². The molecule has 0 bridgehead atoms. The van der Waals surface area contributed by atoms with Crippen molar-refractivity contribution in [3.63, 3.8) is 0 Å². The van der Waals surface area contributed by atoms with E-state index < -0.39 is 46.2 Å². The first-order chi connectivity index (χ1) is 18.5. The van der Waals surface area contributed by atoms with E-state index in [1.807, 2.05) is 13.8 Å². The molecule has 3 fully saturated rings. The second-order valence-electron chi connectivity index (χ2n) is 10.5. The van der Waals surface area contributed by atoms with Crippen LogP contribution in [-0.4, -0.2) is 65.9 Å². The molecule has 8 atom stereocenters. The second-order valence-corrected chi connectivity index (χ2v) is 10.5. The topological polar surface area (TPSA) is 178 Å². The van der Waals surface area contributed by atoms with Gasteiger partial charge in [-0.3, -0.25) is 28.7 Å². The van der Waals surface area contributed by atoms with Gasteiger partial charge >= 0.3 is 11.4 Å². The van der Waals surface area contributed by atoms with Crippen molar-refractivity contribution in [2.45, 2.75) is 89.2 Å². The Hall–Kier alpha value is -2.84. The first-order valence-corrected chi connectivity index (χ1v) is 13.4. The van der Waals surface area contributed by atoms with Gasteiger partial charge in [-0.15, -0.1) is 0 Å². The minimum absolute atomic E-state index is 0.0733. The molecule has 0 saturated carbocycles. The molecule has 2 aromatic heterocycles. The molecule has 0 radical (unpaired) electrons. The van der Waals surface area contributed by atoms with Gasteiger partial charge < -0.3 is 24.4 Å². The van der Waals surface area contributed by atoms with Gasteiger partial charge in [-0.1, -0.05) is 27.7 Å². The van der Waals surface area contributed by atoms with Crippen LogP contribution >= 0.6 is 0 Å². The zero-order chi connectivity index (χ0) is 28.5. The smallest absolute Gasteiger partial charge is 0.330 e. The first-order valence-electron chi connectivity index (χ1n) is 13.4. The maximum absolute atomic E-state index is 11.9. The van der Waals surface area contributed by atoms with Crippen LogP contribution in [0, 0.1) is 11.8 Å². The fourth-order valence-electron chi connectivity index (χ4n) is 6.04. The maximum atomic E-state index is 11.9. The molecule has 0 aliphatic carbocycles. The fraction of sp³-hybridized carbons (Fsp3) is 0.692. The van der Waals surface area contributed by atoms with Crippen molar-refractivity contribution < 1.29 is 24.4 Å². The lowest BCUT2D eigenvalue weighted by Gasteiger charge is -2.45. The standard InChI is InChI=1S/C13H20N2O5.C13H18N2O4/c1-3-9-8(2)13(19,5-7-16)11(20-9)15-6-4-10(17)14-12(15)18;1-3-9-8(2)13(5-7-18-13)11(19-9)15-6-4-10(16)14-12(15)17/h4,6,8-9,11,16,19H,3,5,7H2,1-2H3,(H,14,17,18);4,6,8-9,11H,3,5,7H2,1-2H3,(H,14,16,17)/t2*8-,9-,11-,13-/m11/s1. The van der Waals surface area contributed by atoms with Gasteiger partial charge in [0.15, 0.2) is 12.5 Å². The zero-order valence-corrected chi connectivity index (χ0v) is 22.7. The van der Waals surface area contributed by atoms with E-state index in [4.69, 9.17) is 14.2 Å². The fourth-order valence-corrected chi connectivity index (χ4v) is 6.04. The van der Waals surface area contributed by atoms with Crippen LogP contribution in [0.15, 0.2) is 43.7 Å². The molecule has 13 nitrogen and oxygen atoms in total. The maximum Gasteiger partial charge on any atom is 0.330 e. The Kier molecular flexibility index (Phi) is 8.47. The lowest BCUT2D eigenvalue weighted by Crippen LogP contribution is -2.54. The van der Waals surface area contributed by atoms with Gasteiger partial charge in [0.25, 0.3) is 11.1 Å². The van der Waals surface area contributed by atoms with Gasteiger partial charge in [-0.25, -0.2) is 9.59 Å². The van der Waals surface area contributed by atoms with E-state index in [0.29, 0.717) is 13.0 Å². The van der Waals surface area contributed by atoms with Crippen LogP contribution in [0.2, 0.25) is 0 Å². The van der Waals surface area contributed by atoms with Crippen molar-refractivity contribution in [3.05, 3.63) is 66.2 Å². The van der Waals surface area contributed by atoms with Crippen LogP contribution in [0.1, 0.15) is 65.8 Å². The number of hydrogen-bond donors (Lipinski definition) is 4. The third-order valence-electron chi connectivity index (χ3n) is 8.52. The summed E-state index contributed by atoms with van der Waals surface area (Å²) in [5.41, 5.74) is -3.77. The van der Waals surface area contributed by atoms with E-state index in [9.17, 15) is 29.4 Å². The van der Waals surface area contributed by atoms with E-state index in [-0.39, 0.29) is 37.1 Å². The number of nitrogens with one attached hydrogen (secondary N) is 2. The number of aliphatic hydroxyl groups is 2. The molecule has 216 valence electrons. The largest absolute Gasteiger partial charge is 0.396 e. The number of nitrogens with zero attached hydrogens (tertiary/aromatic N) is 2. The van der Waals surface area contributed by atoms with E-state index in [1.165, 1.54) is 33.7 Å². The molecule has 0 aromatic carbocycles. The molecule has 0 unspecified atom stereocenters. The van der Waals surface area contributed by atoms with Crippen LogP contribution in [0.5, 0.6) is 0 Å². The summed E-state index contributed by atoms with van der Waals surface area (Å²) in [6, 6.07) is 2.54. The molecule has 3 aliphatic rings. The van der Waals surface area contributed by atoms with Gasteiger partial charge in [0.05, 0.1) is 18.8 Å². The van der Waals surface area contributed by atoms with Crippen molar-refractivity contribution in [2.75, 3.05) is 13.2 Å². The highest BCUT2D eigenvalue weighted by Crippen LogP contribution is 2.52. The van der Waals surface area contributed by atoms with Crippen LogP contribution in [0.3, 0.4) is 0 Å². The van der Waals surface area contributed by atoms with Crippen LogP contribution in [0.25, 0.3) is 0 Å². The lowest BCUT2D eigenvalue weighted by molar-refractivity contribution is -0.213. The Balaban J connectivity index is 0.000000181. The number of aliphatic hydroxyl groups excluding tert-OH is 1. The summed E-state index contributed by atoms with van der Waals surface area (Å²) >= 11 is 0. The van der Waals surface area contributed by atoms with Crippen molar-refractivity contribution in [3.8, 4) is 0 Å². The van der Waals surface area contributed by atoms with E-state index in [2.05, 4.69) is 23.8 Å². The highest BCUT2D eigenvalue weighted by Gasteiger charge is 2.59. The SMILES string of the molecule is CC[C@H]1O[C@@H](n2ccc(=O)[nH]c2=O)[C@@](O)(CCO)[C@@H]1C.CC[C@H]1O[C@@H](n2ccc(=O)[nH]c2=O)[C@@]2(CCO2)[C@@H]1C. The molecule has 39 heavy (non-hydrogen) atoms. The van der Waals surface area contributed by atoms with Crippen LogP contribution in [-0.2, 0) is 14.2 Å². The van der Waals surface area contributed by atoms with Crippen molar-refractivity contribution in [1.29, 1.82) is 0 Å². The minimum atomic E-state index is -1.35. The zero-order valence-electron chi connectivity index (χ0n) is 22.7. The second kappa shape index (κ2) is 11.3. The van der Waals surface area contributed by atoms with E-state index in [0.717, 1.165) is 12.8 Å². The van der Waals surface area contributed by atoms with Gasteiger partial charge in [-0.05, 0) is 12.8 Å². The molecule has 1 spiro atoms. The van der Waals surface area contributed by atoms with Crippen LogP contribution in [0.4, 0.5) is 0 Å². The summed E-state index contributed by atoms with van der Waals surface area (Å²) in [5, 5.41) is 20.0. The summed E-state index contributed by atoms with van der Waals surface area (Å²) in [5.74, 6) is -0.00134. The number of aromatic nitrogens is 4. The molecule has 4 N–H and O–H groups in total. The average molecular weight is 551 g/mol. The Morgan fingerprint density at radius 1 is 0.897 bits per heavy atom. The predicted molar refractivity (Wildman–Crippen MR) is 139 cm³/mol. The molecule has 5 rings (SSSR count). The Morgan fingerprint density at radius 2 is 1.38 bits per heavy atom. The minimum Gasteiger partial charge on any atom is -0.396 e. The summed E-state index contributed by atoms with van der Waals surface area (Å²) in [7, 11) is 0. The number of rotatable bonds is 6. The predicted octanol–water partition coefficient (Wildman–Crippen LogP) is 0.233. The molecule has 0 amide bonds. The summed E-state index contributed by atoms with van der Waals surface area (Å²) in [4.78, 5) is 50.5. The monoisotopic (exact) mass is 550 g/mol. The summed E-state index contributed by atoms with van der Waals surface area (Å²) < 4.78 is 20.2. The normalized spacial score (nSPS) is 35.4. The Labute approximate surface area is 224 Å². The average Bonchev–Trinajstić information content (AvgIpc) is 3.30. The molecule has 3 aliphatic heterocycles. The molecular weight excluding hydrogens is 512 g/mol. The molecule has 3 saturated heterocycles. The van der Waals surface area contributed by atoms with Gasteiger partial charge in [-0.2, -0.15) is 0 Å². The highest BCUT2D eigenvalue weighted by molar-refractivity contribution is 5.06. The highest BCUT2D eigenvalue weighted by atomic mass is 16.6. The van der Waals surface area contributed by atoms with E-state index in [1.54, 1.807) is 0 Å². The number of aromatic amines is 2. The van der Waals surface area contributed by atoms with Gasteiger partial charge in [0.2, 0.25) is 0 Å². The lowest BCUT2D eigenvalue weighted by atomic mass is 9.79. The quantitative estimate of drug-likeness (QED) is 0.392. The van der Waals surface area contributed by atoms with E-state index >= 15 is 0 Å². The first kappa shape index (κ1) is 29.2.